The second-order valence-electron chi connectivity index (χ2n) is 5.10. The molecule has 1 N–H and O–H groups in total. The van der Waals surface area contributed by atoms with E-state index in [2.05, 4.69) is 0 Å². The van der Waals surface area contributed by atoms with Crippen LogP contribution in [0, 0.1) is 0 Å². The molecule has 6 heteroatoms. The average molecular weight is 302 g/mol. The third kappa shape index (κ3) is 13.6. The molecule has 110 valence electrons. The first-order valence-corrected chi connectivity index (χ1v) is 8.47. The van der Waals surface area contributed by atoms with Crippen molar-refractivity contribution in [3.63, 3.8) is 0 Å². The number of hydrogen-bond acceptors (Lipinski definition) is 4. The summed E-state index contributed by atoms with van der Waals surface area (Å²) in [6.45, 7) is 3.68. The maximum absolute atomic E-state index is 11.0. The van der Waals surface area contributed by atoms with Gasteiger partial charge in [-0.2, -0.15) is 0 Å². The molecule has 0 amide bonds. The minimum absolute atomic E-state index is 0. The summed E-state index contributed by atoms with van der Waals surface area (Å²) in [5, 5.41) is 8.38. The Morgan fingerprint density at radius 1 is 1.00 bits per heavy atom. The van der Waals surface area contributed by atoms with E-state index in [1.165, 1.54) is 0 Å². The Hall–Kier alpha value is 0.870. The molecule has 0 saturated carbocycles. The first kappa shape index (κ1) is 22.2. The van der Waals surface area contributed by atoms with Gasteiger partial charge in [-0.1, -0.05) is 45.4 Å². The van der Waals surface area contributed by atoms with Crippen LogP contribution in [0.2, 0.25) is 0 Å². The molecule has 0 radical (unpaired) electrons. The molecule has 0 saturated heterocycles. The standard InChI is InChI=1S/C13H28O4S.Na/c1-3-9-13(18(15,16)17)11-8-6-4-5-7-10-12(2)14;/h12-14H,3-11H2,1-2H3,(H,15,16,17);/q;+1/p-1. The van der Waals surface area contributed by atoms with Gasteiger partial charge in [-0.05, 0) is 26.2 Å². The summed E-state index contributed by atoms with van der Waals surface area (Å²) in [6, 6.07) is 0. The molecule has 0 aromatic carbocycles. The maximum Gasteiger partial charge on any atom is 1.00 e. The van der Waals surface area contributed by atoms with E-state index in [-0.39, 0.29) is 35.7 Å². The molecule has 0 fully saturated rings. The second kappa shape index (κ2) is 12.6. The molecule has 0 aromatic rings. The van der Waals surface area contributed by atoms with Gasteiger partial charge in [0.25, 0.3) is 0 Å². The fourth-order valence-corrected chi connectivity index (χ4v) is 3.08. The molecule has 0 aliphatic carbocycles. The van der Waals surface area contributed by atoms with Crippen molar-refractivity contribution in [1.82, 2.24) is 0 Å². The number of hydrogen-bond donors (Lipinski definition) is 1. The molecule has 0 aliphatic heterocycles. The molecular formula is C13H27NaO4S. The SMILES string of the molecule is CCCC(CCCCCCCC(C)O)S(=O)(=O)[O-].[Na+]. The van der Waals surface area contributed by atoms with E-state index < -0.39 is 15.4 Å². The molecule has 4 nitrogen and oxygen atoms in total. The Kier molecular flexibility index (Phi) is 14.7. The van der Waals surface area contributed by atoms with Crippen LogP contribution in [0.5, 0.6) is 0 Å². The van der Waals surface area contributed by atoms with Gasteiger partial charge >= 0.3 is 29.6 Å². The van der Waals surface area contributed by atoms with Crippen molar-refractivity contribution >= 4 is 10.1 Å². The van der Waals surface area contributed by atoms with Crippen molar-refractivity contribution in [2.45, 2.75) is 83.0 Å². The monoisotopic (exact) mass is 302 g/mol. The molecule has 2 unspecified atom stereocenters. The molecule has 0 bridgehead atoms. The van der Waals surface area contributed by atoms with Crippen molar-refractivity contribution in [1.29, 1.82) is 0 Å². The smallest absolute Gasteiger partial charge is 0.748 e. The van der Waals surface area contributed by atoms with E-state index in [0.717, 1.165) is 44.9 Å². The van der Waals surface area contributed by atoms with E-state index in [1.54, 1.807) is 6.92 Å². The third-order valence-corrected chi connectivity index (χ3v) is 4.45. The second-order valence-corrected chi connectivity index (χ2v) is 6.75. The van der Waals surface area contributed by atoms with Gasteiger partial charge in [0, 0.05) is 5.25 Å². The summed E-state index contributed by atoms with van der Waals surface area (Å²) in [5.41, 5.74) is 0. The normalized spacial score (nSPS) is 14.7. The van der Waals surface area contributed by atoms with Gasteiger partial charge in [0.05, 0.1) is 16.2 Å². The van der Waals surface area contributed by atoms with Crippen LogP contribution in [0.3, 0.4) is 0 Å². The summed E-state index contributed by atoms with van der Waals surface area (Å²) in [6.07, 6.45) is 7.20. The quantitative estimate of drug-likeness (QED) is 0.326. The van der Waals surface area contributed by atoms with Gasteiger partial charge in [0.15, 0.2) is 0 Å². The average Bonchev–Trinajstić information content (AvgIpc) is 2.24. The van der Waals surface area contributed by atoms with E-state index in [9.17, 15) is 13.0 Å². The van der Waals surface area contributed by atoms with Gasteiger partial charge in [-0.25, -0.2) is 8.42 Å². The van der Waals surface area contributed by atoms with Crippen LogP contribution >= 0.6 is 0 Å². The van der Waals surface area contributed by atoms with Crippen LogP contribution < -0.4 is 29.6 Å². The molecular weight excluding hydrogens is 275 g/mol. The van der Waals surface area contributed by atoms with E-state index >= 15 is 0 Å². The summed E-state index contributed by atoms with van der Waals surface area (Å²) < 4.78 is 32.9. The summed E-state index contributed by atoms with van der Waals surface area (Å²) in [5.74, 6) is 0. The number of aliphatic hydroxyl groups excluding tert-OH is 1. The van der Waals surface area contributed by atoms with Crippen molar-refractivity contribution in [2.75, 3.05) is 0 Å². The van der Waals surface area contributed by atoms with Crippen LogP contribution in [0.4, 0.5) is 0 Å². The Morgan fingerprint density at radius 2 is 1.47 bits per heavy atom. The minimum Gasteiger partial charge on any atom is -0.748 e. The number of aliphatic hydroxyl groups is 1. The van der Waals surface area contributed by atoms with Crippen LogP contribution in [-0.4, -0.2) is 29.4 Å². The number of unbranched alkanes of at least 4 members (excludes halogenated alkanes) is 4. The van der Waals surface area contributed by atoms with E-state index in [1.807, 2.05) is 6.92 Å². The fourth-order valence-electron chi connectivity index (χ4n) is 2.10. The van der Waals surface area contributed by atoms with Crippen LogP contribution in [-0.2, 0) is 10.1 Å². The molecule has 0 aromatic heterocycles. The molecule has 2 atom stereocenters. The third-order valence-electron chi connectivity index (χ3n) is 3.17. The molecule has 0 rings (SSSR count). The summed E-state index contributed by atoms with van der Waals surface area (Å²) >= 11 is 0. The van der Waals surface area contributed by atoms with Gasteiger partial charge in [0.1, 0.15) is 0 Å². The minimum atomic E-state index is -4.12. The van der Waals surface area contributed by atoms with E-state index in [0.29, 0.717) is 12.8 Å². The van der Waals surface area contributed by atoms with Crippen LogP contribution in [0.25, 0.3) is 0 Å². The molecule has 0 heterocycles. The van der Waals surface area contributed by atoms with E-state index in [4.69, 9.17) is 5.11 Å². The van der Waals surface area contributed by atoms with Crippen molar-refractivity contribution in [3.05, 3.63) is 0 Å². The predicted octanol–water partition coefficient (Wildman–Crippen LogP) is -0.184. The Labute approximate surface area is 140 Å². The van der Waals surface area contributed by atoms with Crippen LogP contribution in [0.15, 0.2) is 0 Å². The van der Waals surface area contributed by atoms with Crippen LogP contribution in [0.1, 0.15) is 71.6 Å². The molecule has 19 heavy (non-hydrogen) atoms. The zero-order chi connectivity index (χ0) is 14.0. The summed E-state index contributed by atoms with van der Waals surface area (Å²) in [7, 11) is -4.12. The maximum atomic E-state index is 11.0. The number of rotatable bonds is 11. The van der Waals surface area contributed by atoms with Crippen molar-refractivity contribution in [3.8, 4) is 0 Å². The largest absolute Gasteiger partial charge is 1.00 e. The molecule has 0 aliphatic rings. The Morgan fingerprint density at radius 3 is 1.89 bits per heavy atom. The summed E-state index contributed by atoms with van der Waals surface area (Å²) in [4.78, 5) is 0. The fraction of sp³-hybridized carbons (Fsp3) is 1.00. The predicted molar refractivity (Wildman–Crippen MR) is 72.4 cm³/mol. The zero-order valence-corrected chi connectivity index (χ0v) is 15.4. The first-order chi connectivity index (χ1) is 8.38. The van der Waals surface area contributed by atoms with Gasteiger partial charge in [-0.15, -0.1) is 0 Å². The van der Waals surface area contributed by atoms with Crippen molar-refractivity contribution in [2.24, 2.45) is 0 Å². The van der Waals surface area contributed by atoms with Gasteiger partial charge in [0.2, 0.25) is 0 Å². The van der Waals surface area contributed by atoms with Crippen molar-refractivity contribution < 1.29 is 47.6 Å². The molecule has 0 spiro atoms. The Bertz CT molecular complexity index is 291. The zero-order valence-electron chi connectivity index (χ0n) is 12.6. The topological polar surface area (TPSA) is 77.4 Å². The van der Waals surface area contributed by atoms with Gasteiger partial charge < -0.3 is 9.66 Å². The Balaban J connectivity index is 0. The van der Waals surface area contributed by atoms with Gasteiger partial charge in [-0.3, -0.25) is 0 Å². The first-order valence-electron chi connectivity index (χ1n) is 7.00.